The fourth-order valence-electron chi connectivity index (χ4n) is 8.02. The number of ether oxygens (including phenoxy) is 2. The second-order valence-corrected chi connectivity index (χ2v) is 12.8. The molecule has 5 rings (SSSR count). The topological polar surface area (TPSA) is 93.1 Å². The summed E-state index contributed by atoms with van der Waals surface area (Å²) in [5.41, 5.74) is -1.29. The third kappa shape index (κ3) is 3.11. The lowest BCUT2D eigenvalue weighted by Crippen LogP contribution is -2.63. The number of hydrogen-bond acceptors (Lipinski definition) is 7. The first-order valence-electron chi connectivity index (χ1n) is 12.2. The summed E-state index contributed by atoms with van der Waals surface area (Å²) in [5.74, 6) is -0.768. The number of carbonyl (C=O) groups excluding carboxylic acids is 3. The third-order valence-corrected chi connectivity index (χ3v) is 10.4. The Morgan fingerprint density at radius 1 is 1.21 bits per heavy atom. The molecule has 1 amide bonds. The summed E-state index contributed by atoms with van der Waals surface area (Å²) in [6.45, 7) is 7.79. The average molecular weight is 490 g/mol. The van der Waals surface area contributed by atoms with Gasteiger partial charge in [0.05, 0.1) is 12.2 Å². The van der Waals surface area contributed by atoms with Crippen molar-refractivity contribution in [3.05, 3.63) is 23.8 Å². The van der Waals surface area contributed by atoms with Gasteiger partial charge in [-0.2, -0.15) is 0 Å². The van der Waals surface area contributed by atoms with E-state index in [9.17, 15) is 19.5 Å². The number of hydrogen-bond donors (Lipinski definition) is 1. The van der Waals surface area contributed by atoms with Crippen molar-refractivity contribution in [1.82, 2.24) is 4.90 Å². The standard InChI is InChI=1S/C26H35NO6S/c1-23(2)32-19-12-17-16-8-7-14-11-15(28)9-10-24(14,3)20(16)18(29)13-25(17,4)26(19,33-23)21(30)34-22(31)27(5)6/h9-11,16-20,29H,7-8,12-13H2,1-6H3/t16-,17-,18-,19+,20+,24-,25-,26-/m0/s1. The number of allylic oxidation sites excluding steroid dienone is 4. The highest BCUT2D eigenvalue weighted by Gasteiger charge is 2.77. The van der Waals surface area contributed by atoms with E-state index in [4.69, 9.17) is 9.47 Å². The van der Waals surface area contributed by atoms with Crippen molar-refractivity contribution in [2.45, 2.75) is 77.0 Å². The van der Waals surface area contributed by atoms with E-state index in [2.05, 4.69) is 6.92 Å². The number of nitrogens with zero attached hydrogens (tertiary/aromatic N) is 1. The van der Waals surface area contributed by atoms with Gasteiger partial charge in [0.15, 0.2) is 17.2 Å². The van der Waals surface area contributed by atoms with Crippen LogP contribution in [0.25, 0.3) is 0 Å². The summed E-state index contributed by atoms with van der Waals surface area (Å²) in [6.07, 6.45) is 6.84. The van der Waals surface area contributed by atoms with E-state index in [0.29, 0.717) is 24.6 Å². The van der Waals surface area contributed by atoms with E-state index in [-0.39, 0.29) is 39.3 Å². The molecule has 1 heterocycles. The van der Waals surface area contributed by atoms with Crippen LogP contribution in [0.5, 0.6) is 0 Å². The maximum atomic E-state index is 13.9. The second kappa shape index (κ2) is 7.51. The monoisotopic (exact) mass is 489 g/mol. The molecule has 8 heteroatoms. The lowest BCUT2D eigenvalue weighted by Gasteiger charge is -2.59. The van der Waals surface area contributed by atoms with Gasteiger partial charge in [-0.15, -0.1) is 0 Å². The van der Waals surface area contributed by atoms with Crippen molar-refractivity contribution in [3.8, 4) is 0 Å². The lowest BCUT2D eigenvalue weighted by atomic mass is 9.46. The maximum absolute atomic E-state index is 13.9. The van der Waals surface area contributed by atoms with Crippen molar-refractivity contribution < 1.29 is 29.0 Å². The van der Waals surface area contributed by atoms with Crippen molar-refractivity contribution in [2.24, 2.45) is 28.6 Å². The molecule has 8 atom stereocenters. The summed E-state index contributed by atoms with van der Waals surface area (Å²) in [7, 11) is 3.25. The van der Waals surface area contributed by atoms with Crippen molar-refractivity contribution >= 4 is 27.9 Å². The minimum atomic E-state index is -1.31. The number of thioether (sulfide) groups is 1. The maximum Gasteiger partial charge on any atom is 0.288 e. The highest BCUT2D eigenvalue weighted by atomic mass is 32.2. The average Bonchev–Trinajstić information content (AvgIpc) is 3.14. The highest BCUT2D eigenvalue weighted by Crippen LogP contribution is 2.70. The van der Waals surface area contributed by atoms with E-state index < -0.39 is 29.0 Å². The zero-order valence-corrected chi connectivity index (χ0v) is 21.6. The third-order valence-electron chi connectivity index (χ3n) is 9.34. The van der Waals surface area contributed by atoms with Crippen LogP contribution in [0, 0.1) is 28.6 Å². The fourth-order valence-corrected chi connectivity index (χ4v) is 8.92. The van der Waals surface area contributed by atoms with Crippen molar-refractivity contribution in [2.75, 3.05) is 14.1 Å². The molecule has 4 fully saturated rings. The molecule has 0 unspecified atom stereocenters. The Labute approximate surface area is 205 Å². The van der Waals surface area contributed by atoms with Gasteiger partial charge in [-0.1, -0.05) is 25.5 Å². The van der Waals surface area contributed by atoms with Gasteiger partial charge in [0.25, 0.3) is 5.24 Å². The van der Waals surface area contributed by atoms with Gasteiger partial charge in [-0.05, 0) is 63.5 Å². The summed E-state index contributed by atoms with van der Waals surface area (Å²) in [4.78, 5) is 39.8. The molecule has 0 aromatic rings. The van der Waals surface area contributed by atoms with Crippen LogP contribution >= 0.6 is 11.8 Å². The summed E-state index contributed by atoms with van der Waals surface area (Å²) in [6, 6.07) is 0. The van der Waals surface area contributed by atoms with Crippen LogP contribution in [0.1, 0.15) is 53.4 Å². The van der Waals surface area contributed by atoms with Crippen LogP contribution in [-0.2, 0) is 19.1 Å². The van der Waals surface area contributed by atoms with Gasteiger partial charge in [0.1, 0.15) is 0 Å². The number of aliphatic hydroxyl groups is 1. The Morgan fingerprint density at radius 3 is 2.59 bits per heavy atom. The number of ketones is 1. The quantitative estimate of drug-likeness (QED) is 0.600. The molecule has 4 aliphatic carbocycles. The number of rotatable bonds is 1. The summed E-state index contributed by atoms with van der Waals surface area (Å²) >= 11 is 0.679. The van der Waals surface area contributed by atoms with Gasteiger partial charge < -0.3 is 19.5 Å². The van der Waals surface area contributed by atoms with Crippen LogP contribution in [0.15, 0.2) is 23.8 Å². The number of fused-ring (bicyclic) bond motifs is 7. The van der Waals surface area contributed by atoms with E-state index in [1.54, 1.807) is 26.2 Å². The Kier molecular flexibility index (Phi) is 5.35. The van der Waals surface area contributed by atoms with Crippen LogP contribution in [-0.4, -0.2) is 63.8 Å². The minimum absolute atomic E-state index is 0.00706. The molecule has 0 radical (unpaired) electrons. The number of aliphatic hydroxyl groups excluding tert-OH is 1. The molecule has 186 valence electrons. The van der Waals surface area contributed by atoms with Gasteiger partial charge in [0, 0.05) is 42.6 Å². The molecule has 1 saturated heterocycles. The lowest BCUT2D eigenvalue weighted by molar-refractivity contribution is -0.221. The van der Waals surface area contributed by atoms with Gasteiger partial charge >= 0.3 is 0 Å². The largest absolute Gasteiger partial charge is 0.393 e. The molecule has 0 bridgehead atoms. The molecule has 1 N–H and O–H groups in total. The minimum Gasteiger partial charge on any atom is -0.393 e. The molecule has 3 saturated carbocycles. The first-order valence-corrected chi connectivity index (χ1v) is 13.0. The van der Waals surface area contributed by atoms with Crippen LogP contribution < -0.4 is 0 Å². The molecule has 1 aliphatic heterocycles. The Balaban J connectivity index is 1.56. The zero-order valence-electron chi connectivity index (χ0n) is 20.8. The molecule has 34 heavy (non-hydrogen) atoms. The van der Waals surface area contributed by atoms with Gasteiger partial charge in [0.2, 0.25) is 5.12 Å². The van der Waals surface area contributed by atoms with E-state index in [1.165, 1.54) is 4.90 Å². The van der Waals surface area contributed by atoms with Gasteiger partial charge in [-0.25, -0.2) is 0 Å². The molecular formula is C26H35NO6S. The predicted molar refractivity (Wildman–Crippen MR) is 128 cm³/mol. The SMILES string of the molecule is CN(C)C(=O)SC(=O)[C@@]12OC(C)(C)O[C@@H]1C[C@H]1[C@@H]3CCC4=CC(=O)C=C[C@]4(C)[C@H]3[C@@H](O)C[C@@]12C. The summed E-state index contributed by atoms with van der Waals surface area (Å²) in [5, 5.41) is 11.0. The van der Waals surface area contributed by atoms with E-state index in [0.717, 1.165) is 18.4 Å². The van der Waals surface area contributed by atoms with Crippen molar-refractivity contribution in [1.29, 1.82) is 0 Å². The molecule has 0 aromatic carbocycles. The predicted octanol–water partition coefficient (Wildman–Crippen LogP) is 3.71. The normalized spacial score (nSPS) is 46.1. The first kappa shape index (κ1) is 24.2. The second-order valence-electron chi connectivity index (χ2n) is 11.8. The van der Waals surface area contributed by atoms with Crippen LogP contribution in [0.2, 0.25) is 0 Å². The Hall–Kier alpha value is -1.48. The number of carbonyl (C=O) groups is 3. The Morgan fingerprint density at radius 2 is 1.91 bits per heavy atom. The van der Waals surface area contributed by atoms with Crippen molar-refractivity contribution in [3.63, 3.8) is 0 Å². The number of amides is 1. The Bertz CT molecular complexity index is 1020. The van der Waals surface area contributed by atoms with Gasteiger partial charge in [-0.3, -0.25) is 14.4 Å². The summed E-state index contributed by atoms with van der Waals surface area (Å²) < 4.78 is 12.8. The molecule has 0 aromatic heterocycles. The first-order chi connectivity index (χ1) is 15.7. The highest BCUT2D eigenvalue weighted by molar-refractivity contribution is 8.26. The molecule has 7 nitrogen and oxygen atoms in total. The van der Waals surface area contributed by atoms with E-state index in [1.807, 2.05) is 26.8 Å². The smallest absolute Gasteiger partial charge is 0.288 e. The molecule has 0 spiro atoms. The van der Waals surface area contributed by atoms with Crippen LogP contribution in [0.4, 0.5) is 4.79 Å². The van der Waals surface area contributed by atoms with Crippen LogP contribution in [0.3, 0.4) is 0 Å². The molecular weight excluding hydrogens is 454 g/mol. The zero-order chi connectivity index (χ0) is 24.8. The van der Waals surface area contributed by atoms with E-state index >= 15 is 0 Å². The molecule has 5 aliphatic rings. The fraction of sp³-hybridized carbons (Fsp3) is 0.731.